The third-order valence-corrected chi connectivity index (χ3v) is 5.11. The third kappa shape index (κ3) is 5.62. The molecule has 6 heteroatoms. The Morgan fingerprint density at radius 1 is 1.52 bits per heavy atom. The van der Waals surface area contributed by atoms with Crippen molar-refractivity contribution in [2.24, 2.45) is 5.92 Å². The second kappa shape index (κ2) is 9.03. The number of nitrogens with one attached hydrogen (secondary N) is 1. The largest absolute Gasteiger partial charge is 0.496 e. The number of urea groups is 1. The summed E-state index contributed by atoms with van der Waals surface area (Å²) in [7, 11) is 1.69. The molecule has 0 aliphatic carbocycles. The number of para-hydroxylation sites is 1. The van der Waals surface area contributed by atoms with Crippen LogP contribution < -0.4 is 10.1 Å². The molecule has 23 heavy (non-hydrogen) atoms. The van der Waals surface area contributed by atoms with Crippen molar-refractivity contribution in [2.75, 3.05) is 39.1 Å². The summed E-state index contributed by atoms with van der Waals surface area (Å²) in [4.78, 5) is 15.1. The fourth-order valence-corrected chi connectivity index (χ4v) is 3.46. The smallest absolute Gasteiger partial charge is 0.317 e. The maximum atomic E-state index is 12.2. The van der Waals surface area contributed by atoms with E-state index in [-0.39, 0.29) is 12.1 Å². The van der Waals surface area contributed by atoms with E-state index in [1.54, 1.807) is 18.9 Å². The number of thioether (sulfide) groups is 1. The quantitative estimate of drug-likeness (QED) is 0.811. The molecule has 2 amide bonds. The van der Waals surface area contributed by atoms with Crippen LogP contribution in [0.4, 0.5) is 4.79 Å². The average Bonchev–Trinajstić information content (AvgIpc) is 2.58. The number of amides is 2. The normalized spacial score (nSPS) is 19.3. The van der Waals surface area contributed by atoms with Gasteiger partial charge in [-0.3, -0.25) is 0 Å². The van der Waals surface area contributed by atoms with Gasteiger partial charge >= 0.3 is 6.03 Å². The van der Waals surface area contributed by atoms with Gasteiger partial charge in [-0.05, 0) is 25.0 Å². The Bertz CT molecular complexity index is 512. The molecule has 128 valence electrons. The Kier molecular flexibility index (Phi) is 7.05. The lowest BCUT2D eigenvalue weighted by molar-refractivity contribution is -0.00352. The number of rotatable bonds is 6. The van der Waals surface area contributed by atoms with Crippen molar-refractivity contribution in [3.63, 3.8) is 0 Å². The molecule has 1 aromatic rings. The summed E-state index contributed by atoms with van der Waals surface area (Å²) < 4.78 is 10.8. The van der Waals surface area contributed by atoms with Gasteiger partial charge in [0.25, 0.3) is 0 Å². The van der Waals surface area contributed by atoms with Crippen LogP contribution in [0.5, 0.6) is 5.75 Å². The lowest BCUT2D eigenvalue weighted by Gasteiger charge is -2.31. The predicted octanol–water partition coefficient (Wildman–Crippen LogP) is 2.85. The highest BCUT2D eigenvalue weighted by atomic mass is 32.2. The molecule has 0 unspecified atom stereocenters. The molecule has 1 aliphatic rings. The number of hydrogen-bond acceptors (Lipinski definition) is 4. The maximum Gasteiger partial charge on any atom is 0.317 e. The van der Waals surface area contributed by atoms with Crippen LogP contribution in [-0.2, 0) is 4.74 Å². The second-order valence-electron chi connectivity index (χ2n) is 5.88. The van der Waals surface area contributed by atoms with Crippen LogP contribution in [0.25, 0.3) is 0 Å². The lowest BCUT2D eigenvalue weighted by atomic mass is 10.2. The minimum Gasteiger partial charge on any atom is -0.496 e. The summed E-state index contributed by atoms with van der Waals surface area (Å²) in [6, 6.07) is 8.01. The molecule has 1 saturated heterocycles. The topological polar surface area (TPSA) is 50.8 Å². The summed E-state index contributed by atoms with van der Waals surface area (Å²) in [6.45, 7) is 6.76. The van der Waals surface area contributed by atoms with Gasteiger partial charge < -0.3 is 19.7 Å². The number of carbonyl (C=O) groups is 1. The van der Waals surface area contributed by atoms with E-state index in [1.165, 1.54) is 0 Å². The molecule has 1 fully saturated rings. The number of nitrogens with zero attached hydrogens (tertiary/aromatic N) is 1. The van der Waals surface area contributed by atoms with Gasteiger partial charge in [0.15, 0.2) is 0 Å². The van der Waals surface area contributed by atoms with E-state index >= 15 is 0 Å². The first-order chi connectivity index (χ1) is 11.1. The van der Waals surface area contributed by atoms with E-state index in [4.69, 9.17) is 9.47 Å². The summed E-state index contributed by atoms with van der Waals surface area (Å²) >= 11 is 1.76. The molecule has 1 N–H and O–H groups in total. The van der Waals surface area contributed by atoms with E-state index in [1.807, 2.05) is 30.0 Å². The molecular weight excluding hydrogens is 312 g/mol. The molecule has 2 atom stereocenters. The number of benzene rings is 1. The predicted molar refractivity (Wildman–Crippen MR) is 93.3 cm³/mol. The highest BCUT2D eigenvalue weighted by Gasteiger charge is 2.21. The number of hydrogen-bond donors (Lipinski definition) is 1. The molecule has 0 bridgehead atoms. The molecule has 1 aromatic carbocycles. The van der Waals surface area contributed by atoms with Gasteiger partial charge in [-0.1, -0.05) is 19.1 Å². The molecule has 0 spiro atoms. The fraction of sp³-hybridized carbons (Fsp3) is 0.588. The summed E-state index contributed by atoms with van der Waals surface area (Å²) in [5, 5.41) is 3.02. The first kappa shape index (κ1) is 17.9. The van der Waals surface area contributed by atoms with Gasteiger partial charge in [0.05, 0.1) is 19.8 Å². The van der Waals surface area contributed by atoms with E-state index in [2.05, 4.69) is 18.3 Å². The molecule has 1 aliphatic heterocycles. The summed E-state index contributed by atoms with van der Waals surface area (Å²) in [5.74, 6) is 2.21. The van der Waals surface area contributed by atoms with Crippen LogP contribution in [0.3, 0.4) is 0 Å². The minimum atomic E-state index is 0.00860. The fourth-order valence-electron chi connectivity index (χ4n) is 2.41. The van der Waals surface area contributed by atoms with Crippen molar-refractivity contribution < 1.29 is 14.3 Å². The van der Waals surface area contributed by atoms with Crippen LogP contribution in [-0.4, -0.2) is 56.1 Å². The van der Waals surface area contributed by atoms with Gasteiger partial charge in [0, 0.05) is 30.3 Å². The molecule has 0 saturated carbocycles. The van der Waals surface area contributed by atoms with Crippen LogP contribution in [0.2, 0.25) is 0 Å². The monoisotopic (exact) mass is 338 g/mol. The number of morpholine rings is 1. The van der Waals surface area contributed by atoms with Gasteiger partial charge in [0.1, 0.15) is 5.75 Å². The van der Waals surface area contributed by atoms with Crippen LogP contribution in [0, 0.1) is 5.92 Å². The Morgan fingerprint density at radius 3 is 3.04 bits per heavy atom. The van der Waals surface area contributed by atoms with Crippen molar-refractivity contribution in [3.05, 3.63) is 24.3 Å². The molecular formula is C17H26N2O3S. The zero-order chi connectivity index (χ0) is 16.7. The molecule has 0 radical (unpaired) electrons. The van der Waals surface area contributed by atoms with Crippen LogP contribution in [0.1, 0.15) is 13.8 Å². The summed E-state index contributed by atoms with van der Waals surface area (Å²) in [5.41, 5.74) is 0. The number of carbonyl (C=O) groups excluding carboxylic acids is 1. The Morgan fingerprint density at radius 2 is 2.30 bits per heavy atom. The second-order valence-corrected chi connectivity index (χ2v) is 6.94. The summed E-state index contributed by atoms with van der Waals surface area (Å²) in [6.07, 6.45) is 0.119. The molecule has 1 heterocycles. The SMILES string of the molecule is COc1ccccc1SC[C@@H](C)CNC(=O)N1CCO[C@H](C)C1. The van der Waals surface area contributed by atoms with Gasteiger partial charge in [0.2, 0.25) is 0 Å². The van der Waals surface area contributed by atoms with Crippen molar-refractivity contribution in [1.82, 2.24) is 10.2 Å². The zero-order valence-corrected chi connectivity index (χ0v) is 14.9. The van der Waals surface area contributed by atoms with Crippen molar-refractivity contribution in [2.45, 2.75) is 24.8 Å². The van der Waals surface area contributed by atoms with Gasteiger partial charge in [-0.15, -0.1) is 11.8 Å². The van der Waals surface area contributed by atoms with Crippen molar-refractivity contribution in [1.29, 1.82) is 0 Å². The minimum absolute atomic E-state index is 0.00860. The van der Waals surface area contributed by atoms with E-state index in [0.29, 0.717) is 32.2 Å². The molecule has 2 rings (SSSR count). The average molecular weight is 338 g/mol. The van der Waals surface area contributed by atoms with E-state index < -0.39 is 0 Å². The molecule has 0 aromatic heterocycles. The third-order valence-electron chi connectivity index (χ3n) is 3.72. The van der Waals surface area contributed by atoms with E-state index in [9.17, 15) is 4.79 Å². The Hall–Kier alpha value is -1.40. The van der Waals surface area contributed by atoms with Gasteiger partial charge in [-0.2, -0.15) is 0 Å². The lowest BCUT2D eigenvalue weighted by Crippen LogP contribution is -2.49. The standard InChI is InChI=1S/C17H26N2O3S/c1-13(12-23-16-7-5-4-6-15(16)21-3)10-18-17(20)19-8-9-22-14(2)11-19/h4-7,13-14H,8-12H2,1-3H3,(H,18,20)/t13-,14+/m0/s1. The highest BCUT2D eigenvalue weighted by Crippen LogP contribution is 2.29. The van der Waals surface area contributed by atoms with Crippen molar-refractivity contribution in [3.8, 4) is 5.75 Å². The highest BCUT2D eigenvalue weighted by molar-refractivity contribution is 7.99. The first-order valence-corrected chi connectivity index (χ1v) is 8.99. The van der Waals surface area contributed by atoms with Crippen LogP contribution >= 0.6 is 11.8 Å². The Balaban J connectivity index is 1.72. The zero-order valence-electron chi connectivity index (χ0n) is 14.1. The maximum absolute atomic E-state index is 12.2. The van der Waals surface area contributed by atoms with Crippen molar-refractivity contribution >= 4 is 17.8 Å². The first-order valence-electron chi connectivity index (χ1n) is 8.00. The van der Waals surface area contributed by atoms with Crippen LogP contribution in [0.15, 0.2) is 29.2 Å². The Labute approximate surface area is 142 Å². The number of ether oxygens (including phenoxy) is 2. The van der Waals surface area contributed by atoms with E-state index in [0.717, 1.165) is 16.4 Å². The number of methoxy groups -OCH3 is 1. The molecule has 5 nitrogen and oxygen atoms in total. The van der Waals surface area contributed by atoms with Gasteiger partial charge in [-0.25, -0.2) is 4.79 Å².